The Balaban J connectivity index is 3.09. The molecule has 0 heterocycles. The first-order valence-corrected chi connectivity index (χ1v) is 3.76. The van der Waals surface area contributed by atoms with Gasteiger partial charge in [-0.1, -0.05) is 0 Å². The average Bonchev–Trinajstić information content (AvgIpc) is 2.03. The van der Waals surface area contributed by atoms with Crippen LogP contribution < -0.4 is 0 Å². The molecule has 0 radical (unpaired) electrons. The van der Waals surface area contributed by atoms with Gasteiger partial charge in [-0.15, -0.1) is 11.6 Å². The zero-order valence-corrected chi connectivity index (χ0v) is 6.81. The van der Waals surface area contributed by atoms with Crippen molar-refractivity contribution in [1.29, 1.82) is 0 Å². The van der Waals surface area contributed by atoms with Crippen LogP contribution in [0.5, 0.6) is 5.75 Å². The molecular weight excluding hydrogens is 183 g/mol. The van der Waals surface area contributed by atoms with Gasteiger partial charge in [-0.2, -0.15) is 0 Å². The average molecular weight is 189 g/mol. The van der Waals surface area contributed by atoms with Gasteiger partial charge >= 0.3 is 0 Å². The van der Waals surface area contributed by atoms with E-state index < -0.39 is 11.6 Å². The smallest absolute Gasteiger partial charge is 0.181 e. The molecular formula is C8H6ClFO2. The highest BCUT2D eigenvalue weighted by molar-refractivity contribution is 6.30. The summed E-state index contributed by atoms with van der Waals surface area (Å²) in [7, 11) is 0. The molecule has 0 aliphatic heterocycles. The van der Waals surface area contributed by atoms with Crippen molar-refractivity contribution >= 4 is 17.4 Å². The van der Waals surface area contributed by atoms with Crippen molar-refractivity contribution in [2.45, 2.75) is 0 Å². The SMILES string of the molecule is O=C(CCl)c1ccc(F)cc1O. The van der Waals surface area contributed by atoms with Gasteiger partial charge in [0, 0.05) is 6.07 Å². The standard InChI is InChI=1S/C8H6ClFO2/c9-4-8(12)6-2-1-5(10)3-7(6)11/h1-3,11H,4H2. The minimum Gasteiger partial charge on any atom is -0.507 e. The highest BCUT2D eigenvalue weighted by atomic mass is 35.5. The van der Waals surface area contributed by atoms with Crippen LogP contribution in [0.1, 0.15) is 10.4 Å². The Labute approximate surface area is 73.6 Å². The van der Waals surface area contributed by atoms with Crippen molar-refractivity contribution in [1.82, 2.24) is 0 Å². The predicted octanol–water partition coefficient (Wildman–Crippen LogP) is 1.95. The lowest BCUT2D eigenvalue weighted by atomic mass is 10.1. The molecule has 64 valence electrons. The number of hydrogen-bond acceptors (Lipinski definition) is 2. The Morgan fingerprint density at radius 1 is 1.58 bits per heavy atom. The molecule has 0 amide bonds. The first-order valence-electron chi connectivity index (χ1n) is 3.23. The molecule has 0 aliphatic carbocycles. The highest BCUT2D eigenvalue weighted by Crippen LogP contribution is 2.18. The topological polar surface area (TPSA) is 37.3 Å². The lowest BCUT2D eigenvalue weighted by Crippen LogP contribution is -2.00. The third-order valence-electron chi connectivity index (χ3n) is 1.38. The second-order valence-electron chi connectivity index (χ2n) is 2.22. The number of Topliss-reactive ketones (excluding diaryl/α,β-unsaturated/α-hetero) is 1. The summed E-state index contributed by atoms with van der Waals surface area (Å²) in [6, 6.07) is 3.18. The first kappa shape index (κ1) is 9.00. The minimum absolute atomic E-state index is 0.0476. The van der Waals surface area contributed by atoms with Crippen molar-refractivity contribution in [3.63, 3.8) is 0 Å². The van der Waals surface area contributed by atoms with Gasteiger partial charge in [-0.05, 0) is 12.1 Å². The maximum Gasteiger partial charge on any atom is 0.181 e. The van der Waals surface area contributed by atoms with Crippen LogP contribution in [0.2, 0.25) is 0 Å². The Bertz CT molecular complexity index is 312. The maximum absolute atomic E-state index is 12.4. The molecule has 12 heavy (non-hydrogen) atoms. The second kappa shape index (κ2) is 3.54. The van der Waals surface area contributed by atoms with Gasteiger partial charge in [0.25, 0.3) is 0 Å². The fourth-order valence-electron chi connectivity index (χ4n) is 0.813. The normalized spacial score (nSPS) is 9.83. The van der Waals surface area contributed by atoms with Gasteiger partial charge in [-0.25, -0.2) is 4.39 Å². The van der Waals surface area contributed by atoms with Crippen LogP contribution in [0.25, 0.3) is 0 Å². The summed E-state index contributed by atoms with van der Waals surface area (Å²) in [5.74, 6) is -1.60. The van der Waals surface area contributed by atoms with E-state index in [9.17, 15) is 9.18 Å². The number of ketones is 1. The van der Waals surface area contributed by atoms with Gasteiger partial charge in [0.05, 0.1) is 11.4 Å². The highest BCUT2D eigenvalue weighted by Gasteiger charge is 2.09. The van der Waals surface area contributed by atoms with Gasteiger partial charge in [-0.3, -0.25) is 4.79 Å². The minimum atomic E-state index is -0.585. The Kier molecular flexibility index (Phi) is 2.65. The van der Waals surface area contributed by atoms with E-state index in [0.717, 1.165) is 12.1 Å². The molecule has 0 saturated heterocycles. The maximum atomic E-state index is 12.4. The summed E-state index contributed by atoms with van der Waals surface area (Å²) in [4.78, 5) is 10.9. The lowest BCUT2D eigenvalue weighted by molar-refractivity contribution is 0.101. The third-order valence-corrected chi connectivity index (χ3v) is 1.62. The number of halogens is 2. The van der Waals surface area contributed by atoms with Crippen molar-refractivity contribution in [3.05, 3.63) is 29.6 Å². The second-order valence-corrected chi connectivity index (χ2v) is 2.49. The Hall–Kier alpha value is -1.09. The molecule has 4 heteroatoms. The third kappa shape index (κ3) is 1.74. The number of rotatable bonds is 2. The molecule has 0 fully saturated rings. The van der Waals surface area contributed by atoms with E-state index >= 15 is 0 Å². The quantitative estimate of drug-likeness (QED) is 0.569. The molecule has 1 aromatic carbocycles. The molecule has 2 nitrogen and oxygen atoms in total. The summed E-state index contributed by atoms with van der Waals surface area (Å²) >= 11 is 5.24. The summed E-state index contributed by atoms with van der Waals surface area (Å²) in [5.41, 5.74) is 0.0476. The number of phenols is 1. The fraction of sp³-hybridized carbons (Fsp3) is 0.125. The van der Waals surface area contributed by atoms with E-state index in [-0.39, 0.29) is 17.2 Å². The molecule has 0 unspecified atom stereocenters. The number of carbonyl (C=O) groups excluding carboxylic acids is 1. The molecule has 1 N–H and O–H groups in total. The predicted molar refractivity (Wildman–Crippen MR) is 43.1 cm³/mol. The van der Waals surface area contributed by atoms with Gasteiger partial charge < -0.3 is 5.11 Å². The van der Waals surface area contributed by atoms with E-state index in [1.165, 1.54) is 6.07 Å². The summed E-state index contributed by atoms with van der Waals surface area (Å²) in [6.07, 6.45) is 0. The van der Waals surface area contributed by atoms with Gasteiger partial charge in [0.1, 0.15) is 11.6 Å². The summed E-state index contributed by atoms with van der Waals surface area (Å²) < 4.78 is 12.4. The largest absolute Gasteiger partial charge is 0.507 e. The van der Waals surface area contributed by atoms with Gasteiger partial charge in [0.15, 0.2) is 5.78 Å². The zero-order valence-electron chi connectivity index (χ0n) is 6.05. The van der Waals surface area contributed by atoms with E-state index in [2.05, 4.69) is 0 Å². The van der Waals surface area contributed by atoms with Crippen molar-refractivity contribution in [3.8, 4) is 5.75 Å². The van der Waals surface area contributed by atoms with Crippen molar-refractivity contribution in [2.24, 2.45) is 0 Å². The molecule has 0 spiro atoms. The molecule has 0 aromatic heterocycles. The lowest BCUT2D eigenvalue weighted by Gasteiger charge is -1.99. The number of phenolic OH excluding ortho intramolecular Hbond substituents is 1. The van der Waals surface area contributed by atoms with E-state index in [1.807, 2.05) is 0 Å². The number of benzene rings is 1. The molecule has 0 aliphatic rings. The van der Waals surface area contributed by atoms with Crippen LogP contribution in [-0.4, -0.2) is 16.8 Å². The van der Waals surface area contributed by atoms with Crippen LogP contribution in [0.15, 0.2) is 18.2 Å². The molecule has 0 saturated carbocycles. The molecule has 0 bridgehead atoms. The van der Waals surface area contributed by atoms with Crippen LogP contribution in [0.3, 0.4) is 0 Å². The first-order chi connectivity index (χ1) is 5.65. The van der Waals surface area contributed by atoms with Crippen LogP contribution in [-0.2, 0) is 0 Å². The van der Waals surface area contributed by atoms with Crippen LogP contribution >= 0.6 is 11.6 Å². The monoisotopic (exact) mass is 188 g/mol. The number of aromatic hydroxyl groups is 1. The van der Waals surface area contributed by atoms with Crippen molar-refractivity contribution < 1.29 is 14.3 Å². The van der Waals surface area contributed by atoms with Gasteiger partial charge in [0.2, 0.25) is 0 Å². The van der Waals surface area contributed by atoms with E-state index in [0.29, 0.717) is 0 Å². The zero-order chi connectivity index (χ0) is 9.14. The Morgan fingerprint density at radius 2 is 2.25 bits per heavy atom. The number of hydrogen-bond donors (Lipinski definition) is 1. The van der Waals surface area contributed by atoms with Crippen LogP contribution in [0, 0.1) is 5.82 Å². The summed E-state index contributed by atoms with van der Waals surface area (Å²) in [6.45, 7) is 0. The fourth-order valence-corrected chi connectivity index (χ4v) is 0.957. The Morgan fingerprint density at radius 3 is 2.75 bits per heavy atom. The van der Waals surface area contributed by atoms with E-state index in [1.54, 1.807) is 0 Å². The number of carbonyl (C=O) groups is 1. The van der Waals surface area contributed by atoms with E-state index in [4.69, 9.17) is 16.7 Å². The molecule has 1 aromatic rings. The number of alkyl halides is 1. The van der Waals surface area contributed by atoms with Crippen LogP contribution in [0.4, 0.5) is 4.39 Å². The molecule has 1 rings (SSSR count). The summed E-state index contributed by atoms with van der Waals surface area (Å²) in [5, 5.41) is 9.07. The molecule has 0 atom stereocenters. The van der Waals surface area contributed by atoms with Crippen molar-refractivity contribution in [2.75, 3.05) is 5.88 Å².